The van der Waals surface area contributed by atoms with Gasteiger partial charge in [-0.3, -0.25) is 11.3 Å². The van der Waals surface area contributed by atoms with Crippen LogP contribution in [0.5, 0.6) is 0 Å². The summed E-state index contributed by atoms with van der Waals surface area (Å²) in [5.74, 6) is 7.19. The molecule has 1 aromatic rings. The Morgan fingerprint density at radius 3 is 2.75 bits per heavy atom. The van der Waals surface area contributed by atoms with Crippen LogP contribution in [0.1, 0.15) is 50.8 Å². The quantitative estimate of drug-likeness (QED) is 0.626. The first-order valence-electron chi connectivity index (χ1n) is 6.08. The maximum Gasteiger partial charge on any atom is 0.0928 e. The molecule has 90 valence electrons. The minimum Gasteiger partial charge on any atom is -0.271 e. The summed E-state index contributed by atoms with van der Waals surface area (Å²) in [7, 11) is 0. The van der Waals surface area contributed by atoms with E-state index < -0.39 is 0 Å². The predicted molar refractivity (Wildman–Crippen MR) is 65.7 cm³/mol. The molecule has 1 aliphatic rings. The molecule has 1 fully saturated rings. The Labute approximate surface area is 101 Å². The number of hydrazine groups is 1. The molecule has 4 nitrogen and oxygen atoms in total. The van der Waals surface area contributed by atoms with Crippen molar-refractivity contribution >= 4 is 11.7 Å². The molecule has 3 N–H and O–H groups in total. The van der Waals surface area contributed by atoms with Gasteiger partial charge in [0.2, 0.25) is 0 Å². The first kappa shape index (κ1) is 12.0. The van der Waals surface area contributed by atoms with Gasteiger partial charge in [-0.05, 0) is 24.7 Å². The van der Waals surface area contributed by atoms with Crippen molar-refractivity contribution in [1.29, 1.82) is 0 Å². The van der Waals surface area contributed by atoms with Crippen LogP contribution in [-0.4, -0.2) is 8.75 Å². The van der Waals surface area contributed by atoms with E-state index in [4.69, 9.17) is 5.84 Å². The third-order valence-electron chi connectivity index (χ3n) is 3.82. The minimum atomic E-state index is 0.191. The van der Waals surface area contributed by atoms with Crippen molar-refractivity contribution in [1.82, 2.24) is 14.2 Å². The van der Waals surface area contributed by atoms with E-state index in [1.54, 1.807) is 0 Å². The number of aromatic nitrogens is 2. The minimum absolute atomic E-state index is 0.191. The average molecular weight is 240 g/mol. The number of hydrogen-bond donors (Lipinski definition) is 2. The molecule has 0 amide bonds. The molecule has 0 aliphatic heterocycles. The molecule has 1 atom stereocenters. The SMILES string of the molecule is CCC1CCC(C(NN)c2cnsn2)CC1. The summed E-state index contributed by atoms with van der Waals surface area (Å²) in [4.78, 5) is 0. The Kier molecular flexibility index (Phi) is 4.26. The maximum atomic E-state index is 5.65. The molecule has 2 rings (SSSR count). The molecule has 1 heterocycles. The van der Waals surface area contributed by atoms with Gasteiger partial charge in [-0.2, -0.15) is 8.75 Å². The van der Waals surface area contributed by atoms with Gasteiger partial charge in [0.15, 0.2) is 0 Å². The molecular formula is C11H20N4S. The van der Waals surface area contributed by atoms with E-state index in [0.717, 1.165) is 11.6 Å². The lowest BCUT2D eigenvalue weighted by molar-refractivity contribution is 0.217. The number of nitrogens with one attached hydrogen (secondary N) is 1. The highest BCUT2D eigenvalue weighted by atomic mass is 32.1. The molecule has 0 radical (unpaired) electrons. The average Bonchev–Trinajstić information content (AvgIpc) is 2.85. The lowest BCUT2D eigenvalue weighted by Gasteiger charge is -2.32. The van der Waals surface area contributed by atoms with Gasteiger partial charge in [0, 0.05) is 0 Å². The van der Waals surface area contributed by atoms with E-state index in [1.165, 1.54) is 43.8 Å². The molecule has 1 aliphatic carbocycles. The summed E-state index contributed by atoms with van der Waals surface area (Å²) in [5.41, 5.74) is 3.92. The molecule has 0 spiro atoms. The molecule has 0 saturated heterocycles. The smallest absolute Gasteiger partial charge is 0.0928 e. The summed E-state index contributed by atoms with van der Waals surface area (Å²) >= 11 is 1.26. The van der Waals surface area contributed by atoms with Gasteiger partial charge in [-0.15, -0.1) is 0 Å². The number of nitrogens with two attached hydrogens (primary N) is 1. The Balaban J connectivity index is 1.96. The fourth-order valence-corrected chi connectivity index (χ4v) is 3.16. The predicted octanol–water partition coefficient (Wildman–Crippen LogP) is 2.26. The van der Waals surface area contributed by atoms with Gasteiger partial charge in [0.05, 0.1) is 29.7 Å². The van der Waals surface area contributed by atoms with Gasteiger partial charge in [0.25, 0.3) is 0 Å². The van der Waals surface area contributed by atoms with Crippen LogP contribution >= 0.6 is 11.7 Å². The highest BCUT2D eigenvalue weighted by molar-refractivity contribution is 6.99. The second-order valence-corrected chi connectivity index (χ2v) is 5.22. The zero-order valence-corrected chi connectivity index (χ0v) is 10.5. The van der Waals surface area contributed by atoms with Gasteiger partial charge < -0.3 is 0 Å². The van der Waals surface area contributed by atoms with Crippen LogP contribution in [0.2, 0.25) is 0 Å². The van der Waals surface area contributed by atoms with Crippen LogP contribution in [0, 0.1) is 11.8 Å². The highest BCUT2D eigenvalue weighted by Crippen LogP contribution is 2.37. The van der Waals surface area contributed by atoms with Crippen molar-refractivity contribution < 1.29 is 0 Å². The summed E-state index contributed by atoms with van der Waals surface area (Å²) in [5, 5.41) is 0. The van der Waals surface area contributed by atoms with Gasteiger partial charge in [-0.25, -0.2) is 0 Å². The first-order chi connectivity index (χ1) is 7.85. The maximum absolute atomic E-state index is 5.65. The van der Waals surface area contributed by atoms with Gasteiger partial charge in [-0.1, -0.05) is 26.2 Å². The fraction of sp³-hybridized carbons (Fsp3) is 0.818. The zero-order chi connectivity index (χ0) is 11.4. The second-order valence-electron chi connectivity index (χ2n) is 4.67. The Morgan fingerprint density at radius 2 is 2.25 bits per heavy atom. The van der Waals surface area contributed by atoms with Crippen LogP contribution in [-0.2, 0) is 0 Å². The summed E-state index contributed by atoms with van der Waals surface area (Å²) < 4.78 is 8.34. The van der Waals surface area contributed by atoms with Crippen LogP contribution in [0.25, 0.3) is 0 Å². The van der Waals surface area contributed by atoms with E-state index in [9.17, 15) is 0 Å². The molecule has 1 unspecified atom stereocenters. The Bertz CT molecular complexity index is 293. The molecule has 0 bridgehead atoms. The second kappa shape index (κ2) is 5.70. The normalized spacial score (nSPS) is 27.9. The molecule has 1 saturated carbocycles. The number of nitrogens with zero attached hydrogens (tertiary/aromatic N) is 2. The standard InChI is InChI=1S/C11H20N4S/c1-2-8-3-5-9(6-4-8)11(14-12)10-7-13-16-15-10/h7-9,11,14H,2-6,12H2,1H3. The van der Waals surface area contributed by atoms with Crippen LogP contribution in [0.4, 0.5) is 0 Å². The number of hydrogen-bond acceptors (Lipinski definition) is 5. The lowest BCUT2D eigenvalue weighted by atomic mass is 9.77. The molecule has 5 heteroatoms. The van der Waals surface area contributed by atoms with E-state index in [2.05, 4.69) is 21.1 Å². The summed E-state index contributed by atoms with van der Waals surface area (Å²) in [6.07, 6.45) is 8.32. The van der Waals surface area contributed by atoms with Crippen molar-refractivity contribution in [2.24, 2.45) is 17.7 Å². The molecule has 1 aromatic heterocycles. The van der Waals surface area contributed by atoms with Crippen molar-refractivity contribution in [2.75, 3.05) is 0 Å². The third-order valence-corrected chi connectivity index (χ3v) is 4.31. The first-order valence-corrected chi connectivity index (χ1v) is 6.81. The molecule has 16 heavy (non-hydrogen) atoms. The van der Waals surface area contributed by atoms with Gasteiger partial charge in [0.1, 0.15) is 0 Å². The van der Waals surface area contributed by atoms with Gasteiger partial charge >= 0.3 is 0 Å². The summed E-state index contributed by atoms with van der Waals surface area (Å²) in [6.45, 7) is 2.29. The van der Waals surface area contributed by atoms with Crippen molar-refractivity contribution in [3.8, 4) is 0 Å². The topological polar surface area (TPSA) is 63.8 Å². The van der Waals surface area contributed by atoms with Crippen molar-refractivity contribution in [3.05, 3.63) is 11.9 Å². The summed E-state index contributed by atoms with van der Waals surface area (Å²) in [6, 6.07) is 0.191. The fourth-order valence-electron chi connectivity index (χ4n) is 2.70. The Morgan fingerprint density at radius 1 is 1.50 bits per heavy atom. The van der Waals surface area contributed by atoms with Crippen LogP contribution < -0.4 is 11.3 Å². The van der Waals surface area contributed by atoms with E-state index in [1.807, 2.05) is 6.20 Å². The highest BCUT2D eigenvalue weighted by Gasteiger charge is 2.28. The van der Waals surface area contributed by atoms with Crippen LogP contribution in [0.3, 0.4) is 0 Å². The van der Waals surface area contributed by atoms with E-state index in [0.29, 0.717) is 5.92 Å². The van der Waals surface area contributed by atoms with E-state index >= 15 is 0 Å². The van der Waals surface area contributed by atoms with Crippen LogP contribution in [0.15, 0.2) is 6.20 Å². The Hall–Kier alpha value is -0.520. The third kappa shape index (κ3) is 2.59. The largest absolute Gasteiger partial charge is 0.271 e. The zero-order valence-electron chi connectivity index (χ0n) is 9.72. The number of rotatable bonds is 4. The monoisotopic (exact) mass is 240 g/mol. The lowest BCUT2D eigenvalue weighted by Crippen LogP contribution is -2.35. The van der Waals surface area contributed by atoms with Crippen molar-refractivity contribution in [2.45, 2.75) is 45.1 Å². The molecule has 0 aromatic carbocycles. The van der Waals surface area contributed by atoms with Crippen molar-refractivity contribution in [3.63, 3.8) is 0 Å². The molecular weight excluding hydrogens is 220 g/mol. The van der Waals surface area contributed by atoms with E-state index in [-0.39, 0.29) is 6.04 Å².